The smallest absolute Gasteiger partial charge is 0.326 e. The molecule has 1 rings (SSSR count). The van der Waals surface area contributed by atoms with Crippen molar-refractivity contribution in [1.82, 2.24) is 5.32 Å². The highest BCUT2D eigenvalue weighted by molar-refractivity contribution is 5.84. The molecule has 2 N–H and O–H groups in total. The number of aliphatic carboxylic acids is 1. The molecule has 0 heterocycles. The molecule has 20 heavy (non-hydrogen) atoms. The second-order valence-corrected chi connectivity index (χ2v) is 4.63. The number of carbonyl (C=O) groups is 2. The predicted octanol–water partition coefficient (Wildman–Crippen LogP) is 2.00. The van der Waals surface area contributed by atoms with E-state index in [1.165, 1.54) is 0 Å². The molecule has 0 aromatic heterocycles. The number of carboxylic acids is 1. The second-order valence-electron chi connectivity index (χ2n) is 4.63. The summed E-state index contributed by atoms with van der Waals surface area (Å²) in [4.78, 5) is 22.9. The molecule has 0 saturated heterocycles. The highest BCUT2D eigenvalue weighted by Gasteiger charge is 2.19. The number of ether oxygens (including phenoxy) is 1. The fourth-order valence-corrected chi connectivity index (χ4v) is 1.88. The Morgan fingerprint density at radius 3 is 2.75 bits per heavy atom. The van der Waals surface area contributed by atoms with E-state index in [4.69, 9.17) is 9.84 Å². The molecular weight excluding hydrogens is 258 g/mol. The van der Waals surface area contributed by atoms with Crippen LogP contribution < -0.4 is 10.1 Å². The average molecular weight is 279 g/mol. The first-order valence-electron chi connectivity index (χ1n) is 6.72. The van der Waals surface area contributed by atoms with Gasteiger partial charge in [0.05, 0.1) is 13.5 Å². The van der Waals surface area contributed by atoms with Gasteiger partial charge >= 0.3 is 5.97 Å². The fourth-order valence-electron chi connectivity index (χ4n) is 1.88. The molecule has 0 aliphatic heterocycles. The molecule has 0 aliphatic rings. The van der Waals surface area contributed by atoms with Crippen molar-refractivity contribution >= 4 is 11.9 Å². The summed E-state index contributed by atoms with van der Waals surface area (Å²) in [7, 11) is 1.56. The first-order chi connectivity index (χ1) is 9.56. The van der Waals surface area contributed by atoms with E-state index < -0.39 is 12.0 Å². The van der Waals surface area contributed by atoms with E-state index in [-0.39, 0.29) is 12.3 Å². The van der Waals surface area contributed by atoms with Crippen LogP contribution in [0, 0.1) is 0 Å². The number of amides is 1. The van der Waals surface area contributed by atoms with Crippen molar-refractivity contribution in [2.24, 2.45) is 0 Å². The maximum Gasteiger partial charge on any atom is 0.326 e. The summed E-state index contributed by atoms with van der Waals surface area (Å²) in [5.41, 5.74) is 0.793. The third-order valence-corrected chi connectivity index (χ3v) is 2.98. The maximum atomic E-state index is 11.9. The van der Waals surface area contributed by atoms with Crippen LogP contribution in [0.4, 0.5) is 0 Å². The first kappa shape index (κ1) is 16.0. The van der Waals surface area contributed by atoms with Gasteiger partial charge < -0.3 is 15.2 Å². The molecule has 5 nitrogen and oxygen atoms in total. The Morgan fingerprint density at radius 2 is 2.15 bits per heavy atom. The lowest BCUT2D eigenvalue weighted by Crippen LogP contribution is -2.41. The highest BCUT2D eigenvalue weighted by atomic mass is 16.5. The Hall–Kier alpha value is -2.04. The number of carboxylic acid groups (broad SMARTS) is 1. The Balaban J connectivity index is 2.58. The van der Waals surface area contributed by atoms with Gasteiger partial charge in [-0.25, -0.2) is 4.79 Å². The molecule has 1 atom stereocenters. The number of hydrogen-bond acceptors (Lipinski definition) is 3. The largest absolute Gasteiger partial charge is 0.497 e. The summed E-state index contributed by atoms with van der Waals surface area (Å²) in [5.74, 6) is -0.602. The van der Waals surface area contributed by atoms with Gasteiger partial charge in [-0.3, -0.25) is 4.79 Å². The van der Waals surface area contributed by atoms with E-state index >= 15 is 0 Å². The Morgan fingerprint density at radius 1 is 1.40 bits per heavy atom. The van der Waals surface area contributed by atoms with Crippen LogP contribution in [0.1, 0.15) is 31.7 Å². The molecular formula is C15H21NO4. The van der Waals surface area contributed by atoms with Gasteiger partial charge in [0.25, 0.3) is 0 Å². The second kappa shape index (κ2) is 8.19. The van der Waals surface area contributed by atoms with Crippen molar-refractivity contribution < 1.29 is 19.4 Å². The zero-order valence-electron chi connectivity index (χ0n) is 11.9. The van der Waals surface area contributed by atoms with Crippen LogP contribution in [0.2, 0.25) is 0 Å². The first-order valence-corrected chi connectivity index (χ1v) is 6.72. The van der Waals surface area contributed by atoms with E-state index in [1.807, 2.05) is 13.0 Å². The lowest BCUT2D eigenvalue weighted by atomic mass is 10.1. The third kappa shape index (κ3) is 5.30. The number of methoxy groups -OCH3 is 1. The van der Waals surface area contributed by atoms with Gasteiger partial charge in [0.15, 0.2) is 0 Å². The molecule has 0 bridgehead atoms. The average Bonchev–Trinajstić information content (AvgIpc) is 2.43. The van der Waals surface area contributed by atoms with E-state index in [0.29, 0.717) is 12.2 Å². The number of rotatable bonds is 8. The van der Waals surface area contributed by atoms with E-state index in [2.05, 4.69) is 5.32 Å². The van der Waals surface area contributed by atoms with Crippen LogP contribution in [0.25, 0.3) is 0 Å². The summed E-state index contributed by atoms with van der Waals surface area (Å²) in [6, 6.07) is 6.36. The Kier molecular flexibility index (Phi) is 6.56. The van der Waals surface area contributed by atoms with Gasteiger partial charge in [0, 0.05) is 0 Å². The van der Waals surface area contributed by atoms with Gasteiger partial charge in [-0.2, -0.15) is 0 Å². The van der Waals surface area contributed by atoms with Crippen LogP contribution in [-0.2, 0) is 16.0 Å². The van der Waals surface area contributed by atoms with E-state index in [0.717, 1.165) is 18.4 Å². The van der Waals surface area contributed by atoms with E-state index in [1.54, 1.807) is 25.3 Å². The van der Waals surface area contributed by atoms with Crippen molar-refractivity contribution in [3.63, 3.8) is 0 Å². The summed E-state index contributed by atoms with van der Waals surface area (Å²) < 4.78 is 5.08. The van der Waals surface area contributed by atoms with Gasteiger partial charge in [-0.1, -0.05) is 31.9 Å². The van der Waals surface area contributed by atoms with Crippen molar-refractivity contribution in [3.8, 4) is 5.75 Å². The van der Waals surface area contributed by atoms with Gasteiger partial charge in [0.2, 0.25) is 5.91 Å². The minimum atomic E-state index is -0.988. The third-order valence-electron chi connectivity index (χ3n) is 2.98. The normalized spacial score (nSPS) is 11.7. The number of nitrogens with one attached hydrogen (secondary N) is 1. The standard InChI is InChI=1S/C15H21NO4/c1-3-4-8-13(15(18)19)16-14(17)10-11-6-5-7-12(9-11)20-2/h5-7,9,13H,3-4,8,10H2,1-2H3,(H,16,17)(H,18,19)/t13-/m0/s1. The minimum absolute atomic E-state index is 0.146. The van der Waals surface area contributed by atoms with Crippen molar-refractivity contribution in [1.29, 1.82) is 0 Å². The van der Waals surface area contributed by atoms with Crippen LogP contribution in [0.5, 0.6) is 5.75 Å². The molecule has 0 unspecified atom stereocenters. The summed E-state index contributed by atoms with van der Waals surface area (Å²) in [6.07, 6.45) is 2.27. The molecule has 1 amide bonds. The van der Waals surface area contributed by atoms with Crippen LogP contribution in [-0.4, -0.2) is 30.1 Å². The molecule has 110 valence electrons. The van der Waals surface area contributed by atoms with Crippen molar-refractivity contribution in [3.05, 3.63) is 29.8 Å². The number of benzene rings is 1. The topological polar surface area (TPSA) is 75.6 Å². The molecule has 0 spiro atoms. The fraction of sp³-hybridized carbons (Fsp3) is 0.467. The number of unbranched alkanes of at least 4 members (excludes halogenated alkanes) is 1. The van der Waals surface area contributed by atoms with Crippen molar-refractivity contribution in [2.75, 3.05) is 7.11 Å². The predicted molar refractivity (Wildman–Crippen MR) is 75.8 cm³/mol. The Bertz CT molecular complexity index is 459. The zero-order valence-corrected chi connectivity index (χ0v) is 11.9. The number of carbonyl (C=O) groups excluding carboxylic acids is 1. The number of hydrogen-bond donors (Lipinski definition) is 2. The molecule has 0 aliphatic carbocycles. The molecule has 0 saturated carbocycles. The van der Waals surface area contributed by atoms with Crippen molar-refractivity contribution in [2.45, 2.75) is 38.6 Å². The van der Waals surface area contributed by atoms with E-state index in [9.17, 15) is 9.59 Å². The van der Waals surface area contributed by atoms with Crippen LogP contribution in [0.15, 0.2) is 24.3 Å². The minimum Gasteiger partial charge on any atom is -0.497 e. The van der Waals surface area contributed by atoms with Gasteiger partial charge in [-0.05, 0) is 24.1 Å². The molecule has 0 radical (unpaired) electrons. The summed E-state index contributed by atoms with van der Waals surface area (Å²) in [5, 5.41) is 11.6. The van der Waals surface area contributed by atoms with Crippen LogP contribution >= 0.6 is 0 Å². The van der Waals surface area contributed by atoms with Gasteiger partial charge in [-0.15, -0.1) is 0 Å². The zero-order chi connectivity index (χ0) is 15.0. The lowest BCUT2D eigenvalue weighted by Gasteiger charge is -2.14. The van der Waals surface area contributed by atoms with Gasteiger partial charge in [0.1, 0.15) is 11.8 Å². The summed E-state index contributed by atoms with van der Waals surface area (Å²) in [6.45, 7) is 1.98. The maximum absolute atomic E-state index is 11.9. The SMILES string of the molecule is CCCC[C@H](NC(=O)Cc1cccc(OC)c1)C(=O)O. The molecule has 1 aromatic rings. The molecule has 5 heteroatoms. The quantitative estimate of drug-likeness (QED) is 0.763. The Labute approximate surface area is 118 Å². The molecule has 0 fully saturated rings. The highest BCUT2D eigenvalue weighted by Crippen LogP contribution is 2.13. The lowest BCUT2D eigenvalue weighted by molar-refractivity contribution is -0.142. The van der Waals surface area contributed by atoms with Crippen LogP contribution in [0.3, 0.4) is 0 Å². The monoisotopic (exact) mass is 279 g/mol. The summed E-state index contributed by atoms with van der Waals surface area (Å²) >= 11 is 0. The molecule has 1 aromatic carbocycles.